The molecular weight excluding hydrogens is 447 g/mol. The third-order valence-electron chi connectivity index (χ3n) is 4.96. The SMILES string of the molecule is CC(C)(C)OC(=O)N1CCCC[C@@H](NC(=O)c2sc(-c3cccc(F)c3)cc2NC(N)=O)C1. The summed E-state index contributed by atoms with van der Waals surface area (Å²) in [4.78, 5) is 39.6. The molecule has 2 heterocycles. The summed E-state index contributed by atoms with van der Waals surface area (Å²) in [6.45, 7) is 6.30. The van der Waals surface area contributed by atoms with E-state index < -0.39 is 29.4 Å². The summed E-state index contributed by atoms with van der Waals surface area (Å²) in [5.41, 5.74) is 5.50. The van der Waals surface area contributed by atoms with Crippen LogP contribution in [0.25, 0.3) is 10.4 Å². The van der Waals surface area contributed by atoms with Gasteiger partial charge in [-0.25, -0.2) is 14.0 Å². The molecule has 1 aromatic heterocycles. The molecule has 10 heteroatoms. The number of hydrogen-bond acceptors (Lipinski definition) is 5. The second-order valence-corrected chi connectivity index (χ2v) is 10.00. The van der Waals surface area contributed by atoms with Crippen molar-refractivity contribution in [3.8, 4) is 10.4 Å². The Bertz CT molecular complexity index is 1030. The standard InChI is InChI=1S/C23H29FN4O4S/c1-23(2,3)32-22(31)28-10-5-4-9-16(13-28)26-20(29)19-17(27-21(25)30)12-18(33-19)14-7-6-8-15(24)11-14/h6-8,11-12,16H,4-5,9-10,13H2,1-3H3,(H,26,29)(H3,25,27,30)/t16-/m1/s1. The van der Waals surface area contributed by atoms with Crippen LogP contribution in [0.4, 0.5) is 19.7 Å². The van der Waals surface area contributed by atoms with Gasteiger partial charge in [-0.15, -0.1) is 11.3 Å². The minimum atomic E-state index is -0.807. The molecule has 1 aromatic carbocycles. The molecule has 33 heavy (non-hydrogen) atoms. The van der Waals surface area contributed by atoms with Crippen LogP contribution >= 0.6 is 11.3 Å². The van der Waals surface area contributed by atoms with E-state index in [1.54, 1.807) is 23.1 Å². The van der Waals surface area contributed by atoms with Crippen molar-refractivity contribution in [2.45, 2.75) is 51.7 Å². The summed E-state index contributed by atoms with van der Waals surface area (Å²) in [5, 5.41) is 5.44. The van der Waals surface area contributed by atoms with Gasteiger partial charge in [0.2, 0.25) is 0 Å². The fourth-order valence-corrected chi connectivity index (χ4v) is 4.59. The normalized spacial score (nSPS) is 16.6. The Labute approximate surface area is 196 Å². The zero-order valence-corrected chi connectivity index (χ0v) is 19.8. The third kappa shape index (κ3) is 6.92. The summed E-state index contributed by atoms with van der Waals surface area (Å²) >= 11 is 1.13. The molecular formula is C23H29FN4O4S. The number of primary amides is 1. The lowest BCUT2D eigenvalue weighted by Gasteiger charge is -2.28. The van der Waals surface area contributed by atoms with Gasteiger partial charge in [-0.2, -0.15) is 0 Å². The molecule has 1 aliphatic rings. The fourth-order valence-electron chi connectivity index (χ4n) is 3.57. The lowest BCUT2D eigenvalue weighted by molar-refractivity contribution is 0.0242. The molecule has 8 nitrogen and oxygen atoms in total. The predicted molar refractivity (Wildman–Crippen MR) is 126 cm³/mol. The van der Waals surface area contributed by atoms with Crippen molar-refractivity contribution in [2.24, 2.45) is 5.73 Å². The van der Waals surface area contributed by atoms with Crippen LogP contribution < -0.4 is 16.4 Å². The summed E-state index contributed by atoms with van der Waals surface area (Å²) in [7, 11) is 0. The van der Waals surface area contributed by atoms with Crippen molar-refractivity contribution < 1.29 is 23.5 Å². The molecule has 1 atom stereocenters. The number of carbonyl (C=O) groups excluding carboxylic acids is 3. The van der Waals surface area contributed by atoms with E-state index in [0.717, 1.165) is 24.2 Å². The highest BCUT2D eigenvalue weighted by Crippen LogP contribution is 2.35. The van der Waals surface area contributed by atoms with Crippen molar-refractivity contribution >= 4 is 35.1 Å². The number of halogens is 1. The first-order chi connectivity index (χ1) is 15.5. The zero-order chi connectivity index (χ0) is 24.2. The van der Waals surface area contributed by atoms with Crippen LogP contribution in [0.1, 0.15) is 49.7 Å². The minimum absolute atomic E-state index is 0.251. The average Bonchev–Trinajstić information content (AvgIpc) is 2.97. The van der Waals surface area contributed by atoms with Gasteiger partial charge in [-0.1, -0.05) is 12.1 Å². The molecule has 0 spiro atoms. The fraction of sp³-hybridized carbons (Fsp3) is 0.435. The van der Waals surface area contributed by atoms with Crippen molar-refractivity contribution in [1.82, 2.24) is 10.2 Å². The summed E-state index contributed by atoms with van der Waals surface area (Å²) in [6, 6.07) is 6.48. The summed E-state index contributed by atoms with van der Waals surface area (Å²) in [6.07, 6.45) is 1.94. The maximum Gasteiger partial charge on any atom is 0.410 e. The molecule has 1 saturated heterocycles. The van der Waals surface area contributed by atoms with Crippen LogP contribution in [-0.4, -0.2) is 47.7 Å². The van der Waals surface area contributed by atoms with Crippen molar-refractivity contribution in [1.29, 1.82) is 0 Å². The molecule has 0 saturated carbocycles. The number of rotatable bonds is 4. The van der Waals surface area contributed by atoms with E-state index in [9.17, 15) is 18.8 Å². The van der Waals surface area contributed by atoms with Crippen molar-refractivity contribution in [2.75, 3.05) is 18.4 Å². The third-order valence-corrected chi connectivity index (χ3v) is 6.15. The Morgan fingerprint density at radius 1 is 1.21 bits per heavy atom. The molecule has 0 unspecified atom stereocenters. The average molecular weight is 477 g/mol. The van der Waals surface area contributed by atoms with E-state index in [4.69, 9.17) is 10.5 Å². The van der Waals surface area contributed by atoms with Gasteiger partial charge in [-0.05, 0) is 63.8 Å². The molecule has 178 valence electrons. The Hall–Kier alpha value is -3.14. The molecule has 1 aliphatic heterocycles. The summed E-state index contributed by atoms with van der Waals surface area (Å²) < 4.78 is 19.2. The van der Waals surface area contributed by atoms with Crippen molar-refractivity contribution in [3.05, 3.63) is 41.0 Å². The number of nitrogens with zero attached hydrogens (tertiary/aromatic N) is 1. The lowest BCUT2D eigenvalue weighted by atomic mass is 10.1. The van der Waals surface area contributed by atoms with E-state index >= 15 is 0 Å². The molecule has 2 aromatic rings. The second-order valence-electron chi connectivity index (χ2n) is 8.95. The number of benzene rings is 1. The number of amides is 4. The first-order valence-electron chi connectivity index (χ1n) is 10.8. The highest BCUT2D eigenvalue weighted by atomic mass is 32.1. The topological polar surface area (TPSA) is 114 Å². The number of thiophene rings is 1. The van der Waals surface area contributed by atoms with Gasteiger partial charge in [0.1, 0.15) is 16.3 Å². The highest BCUT2D eigenvalue weighted by Gasteiger charge is 2.28. The van der Waals surface area contributed by atoms with E-state index in [0.29, 0.717) is 30.0 Å². The van der Waals surface area contributed by atoms with Gasteiger partial charge >= 0.3 is 12.1 Å². The van der Waals surface area contributed by atoms with E-state index in [2.05, 4.69) is 10.6 Å². The van der Waals surface area contributed by atoms with Gasteiger partial charge in [0.15, 0.2) is 0 Å². The van der Waals surface area contributed by atoms with E-state index in [1.165, 1.54) is 12.1 Å². The maximum absolute atomic E-state index is 13.7. The molecule has 0 aliphatic carbocycles. The Balaban J connectivity index is 1.79. The number of nitrogens with two attached hydrogens (primary N) is 1. The summed E-state index contributed by atoms with van der Waals surface area (Å²) in [5.74, 6) is -0.806. The Morgan fingerprint density at radius 3 is 2.64 bits per heavy atom. The van der Waals surface area contributed by atoms with Crippen LogP contribution in [0.5, 0.6) is 0 Å². The number of likely N-dealkylation sites (tertiary alicyclic amines) is 1. The number of hydrogen-bond donors (Lipinski definition) is 3. The second kappa shape index (κ2) is 10.2. The van der Waals surface area contributed by atoms with Crippen LogP contribution in [0.2, 0.25) is 0 Å². The van der Waals surface area contributed by atoms with E-state index in [1.807, 2.05) is 20.8 Å². The maximum atomic E-state index is 13.7. The smallest absolute Gasteiger partial charge is 0.410 e. The first kappa shape index (κ1) is 24.5. The molecule has 3 rings (SSSR count). The van der Waals surface area contributed by atoms with Gasteiger partial charge in [-0.3, -0.25) is 4.79 Å². The van der Waals surface area contributed by atoms with Crippen LogP contribution in [0.15, 0.2) is 30.3 Å². The van der Waals surface area contributed by atoms with E-state index in [-0.39, 0.29) is 16.6 Å². The number of anilines is 1. The molecule has 0 bridgehead atoms. The Morgan fingerprint density at radius 2 is 1.97 bits per heavy atom. The van der Waals surface area contributed by atoms with Gasteiger partial charge in [0, 0.05) is 24.0 Å². The molecule has 1 fully saturated rings. The van der Waals surface area contributed by atoms with Crippen LogP contribution in [0.3, 0.4) is 0 Å². The minimum Gasteiger partial charge on any atom is -0.444 e. The number of carbonyl (C=O) groups is 3. The monoisotopic (exact) mass is 476 g/mol. The van der Waals surface area contributed by atoms with Gasteiger partial charge in [0.25, 0.3) is 5.91 Å². The molecule has 4 N–H and O–H groups in total. The predicted octanol–water partition coefficient (Wildman–Crippen LogP) is 4.56. The lowest BCUT2D eigenvalue weighted by Crippen LogP contribution is -2.46. The zero-order valence-electron chi connectivity index (χ0n) is 18.9. The quantitative estimate of drug-likeness (QED) is 0.600. The number of urea groups is 1. The Kier molecular flexibility index (Phi) is 7.57. The number of nitrogens with one attached hydrogen (secondary N) is 2. The molecule has 0 radical (unpaired) electrons. The van der Waals surface area contributed by atoms with Crippen molar-refractivity contribution in [3.63, 3.8) is 0 Å². The number of ether oxygens (including phenoxy) is 1. The van der Waals surface area contributed by atoms with Gasteiger partial charge < -0.3 is 26.0 Å². The van der Waals surface area contributed by atoms with Gasteiger partial charge in [0.05, 0.1) is 5.69 Å². The van der Waals surface area contributed by atoms with Crippen LogP contribution in [0, 0.1) is 5.82 Å². The largest absolute Gasteiger partial charge is 0.444 e. The molecule has 4 amide bonds. The highest BCUT2D eigenvalue weighted by molar-refractivity contribution is 7.18. The van der Waals surface area contributed by atoms with Crippen LogP contribution in [-0.2, 0) is 4.74 Å². The first-order valence-corrected chi connectivity index (χ1v) is 11.6.